The molecule has 3 heterocycles. The lowest BCUT2D eigenvalue weighted by Crippen LogP contribution is -2.50. The van der Waals surface area contributed by atoms with Crippen molar-refractivity contribution in [1.82, 2.24) is 15.1 Å². The Morgan fingerprint density at radius 3 is 2.02 bits per heavy atom. The molecule has 0 aromatic carbocycles. The molecular formula is C41H63N3O7. The molecule has 0 unspecified atom stereocenters. The first kappa shape index (κ1) is 39.3. The molecule has 2 aliphatic carbocycles. The van der Waals surface area contributed by atoms with Gasteiger partial charge in [0.2, 0.25) is 23.5 Å². The zero-order valence-electron chi connectivity index (χ0n) is 32.3. The number of fused-ring (bicyclic) bond motifs is 3. The quantitative estimate of drug-likeness (QED) is 0.235. The van der Waals surface area contributed by atoms with Gasteiger partial charge in [-0.05, 0) is 59.7 Å². The monoisotopic (exact) mass is 709 g/mol. The van der Waals surface area contributed by atoms with Gasteiger partial charge in [-0.2, -0.15) is 0 Å². The smallest absolute Gasteiger partial charge is 0.287 e. The van der Waals surface area contributed by atoms with Gasteiger partial charge in [-0.3, -0.25) is 38.5 Å². The predicted octanol–water partition coefficient (Wildman–Crippen LogP) is 5.83. The lowest BCUT2D eigenvalue weighted by atomic mass is 9.75. The van der Waals surface area contributed by atoms with Crippen LogP contribution in [-0.2, 0) is 33.6 Å². The lowest BCUT2D eigenvalue weighted by Gasteiger charge is -2.39. The Hall–Kier alpha value is -2.91. The maximum atomic E-state index is 14.5. The number of likely N-dealkylation sites (tertiary alicyclic amines) is 1. The molecule has 5 rings (SSSR count). The predicted molar refractivity (Wildman–Crippen MR) is 193 cm³/mol. The van der Waals surface area contributed by atoms with Crippen molar-refractivity contribution in [3.63, 3.8) is 0 Å². The van der Waals surface area contributed by atoms with Crippen LogP contribution in [0.15, 0.2) is 0 Å². The van der Waals surface area contributed by atoms with Gasteiger partial charge in [0.25, 0.3) is 5.91 Å². The fourth-order valence-corrected chi connectivity index (χ4v) is 9.19. The topological polar surface area (TPSA) is 138 Å². The van der Waals surface area contributed by atoms with Gasteiger partial charge in [0, 0.05) is 63.1 Å². The van der Waals surface area contributed by atoms with E-state index in [4.69, 9.17) is 0 Å². The number of amides is 4. The molecule has 3 saturated heterocycles. The molecule has 6 atom stereocenters. The van der Waals surface area contributed by atoms with Gasteiger partial charge in [-0.1, -0.05) is 87.0 Å². The fraction of sp³-hybridized carbons (Fsp3) is 0.829. The molecule has 0 spiro atoms. The van der Waals surface area contributed by atoms with Crippen LogP contribution in [-0.4, -0.2) is 76.0 Å². The van der Waals surface area contributed by atoms with E-state index in [9.17, 15) is 33.6 Å². The number of ketones is 3. The zero-order chi connectivity index (χ0) is 37.5. The number of Topliss-reactive ketones (excluding diaryl/α,β-unsaturated/α-hetero) is 3. The third kappa shape index (κ3) is 9.37. The van der Waals surface area contributed by atoms with Crippen LogP contribution in [0.5, 0.6) is 0 Å². The number of hydrogen-bond donors (Lipinski definition) is 1. The zero-order valence-corrected chi connectivity index (χ0v) is 32.3. The van der Waals surface area contributed by atoms with Crippen molar-refractivity contribution in [1.29, 1.82) is 0 Å². The van der Waals surface area contributed by atoms with Gasteiger partial charge in [0.1, 0.15) is 5.78 Å². The van der Waals surface area contributed by atoms with Crippen LogP contribution >= 0.6 is 0 Å². The molecule has 5 fully saturated rings. The first-order chi connectivity index (χ1) is 23.8. The third-order valence-corrected chi connectivity index (χ3v) is 12.9. The Labute approximate surface area is 305 Å². The van der Waals surface area contributed by atoms with E-state index in [1.54, 1.807) is 4.90 Å². The molecule has 0 aromatic heterocycles. The highest BCUT2D eigenvalue weighted by Crippen LogP contribution is 2.65. The second-order valence-corrected chi connectivity index (χ2v) is 19.2. The molecule has 2 saturated carbocycles. The summed E-state index contributed by atoms with van der Waals surface area (Å²) >= 11 is 0. The summed E-state index contributed by atoms with van der Waals surface area (Å²) in [6.07, 6.45) is 8.85. The normalized spacial score (nSPS) is 30.8. The maximum Gasteiger partial charge on any atom is 0.287 e. The summed E-state index contributed by atoms with van der Waals surface area (Å²) < 4.78 is 0. The second kappa shape index (κ2) is 15.2. The van der Waals surface area contributed by atoms with Crippen molar-refractivity contribution in [3.05, 3.63) is 0 Å². The number of nitrogens with zero attached hydrogens (tertiary/aromatic N) is 2. The van der Waals surface area contributed by atoms with E-state index in [1.807, 2.05) is 34.6 Å². The maximum absolute atomic E-state index is 14.5. The van der Waals surface area contributed by atoms with Crippen molar-refractivity contribution in [2.45, 2.75) is 157 Å². The summed E-state index contributed by atoms with van der Waals surface area (Å²) in [6, 6.07) is -0.611. The van der Waals surface area contributed by atoms with Crippen LogP contribution in [0.3, 0.4) is 0 Å². The van der Waals surface area contributed by atoms with Gasteiger partial charge in [-0.25, -0.2) is 0 Å². The molecule has 0 aromatic rings. The molecule has 3 aliphatic heterocycles. The molecular weight excluding hydrogens is 646 g/mol. The van der Waals surface area contributed by atoms with Crippen molar-refractivity contribution in [2.24, 2.45) is 45.8 Å². The average molecular weight is 710 g/mol. The highest BCUT2D eigenvalue weighted by molar-refractivity contribution is 6.37. The summed E-state index contributed by atoms with van der Waals surface area (Å²) in [7, 11) is 0. The van der Waals surface area contributed by atoms with E-state index < -0.39 is 29.6 Å². The van der Waals surface area contributed by atoms with E-state index in [0.717, 1.165) is 51.4 Å². The van der Waals surface area contributed by atoms with Gasteiger partial charge >= 0.3 is 0 Å². The molecule has 10 heteroatoms. The van der Waals surface area contributed by atoms with E-state index >= 15 is 0 Å². The van der Waals surface area contributed by atoms with Crippen LogP contribution in [0.25, 0.3) is 0 Å². The Morgan fingerprint density at radius 2 is 1.43 bits per heavy atom. The Morgan fingerprint density at radius 1 is 0.843 bits per heavy atom. The molecule has 0 radical (unpaired) electrons. The van der Waals surface area contributed by atoms with Gasteiger partial charge < -0.3 is 10.2 Å². The van der Waals surface area contributed by atoms with Crippen LogP contribution in [0.4, 0.5) is 0 Å². The summed E-state index contributed by atoms with van der Waals surface area (Å²) in [4.78, 5) is 98.0. The highest BCUT2D eigenvalue weighted by atomic mass is 16.2. The van der Waals surface area contributed by atoms with E-state index in [2.05, 4.69) is 19.2 Å². The Balaban J connectivity index is 1.33. The number of hydrogen-bond acceptors (Lipinski definition) is 7. The minimum absolute atomic E-state index is 0.00751. The summed E-state index contributed by atoms with van der Waals surface area (Å²) in [5, 5.41) is 2.81. The number of piperidine rings is 2. The average Bonchev–Trinajstić information content (AvgIpc) is 3.87. The highest BCUT2D eigenvalue weighted by Gasteiger charge is 2.69. The fourth-order valence-electron chi connectivity index (χ4n) is 9.19. The molecule has 284 valence electrons. The number of carbonyl (C=O) groups excluding carboxylic acids is 7. The van der Waals surface area contributed by atoms with Crippen molar-refractivity contribution in [3.8, 4) is 0 Å². The van der Waals surface area contributed by atoms with Crippen molar-refractivity contribution < 1.29 is 33.6 Å². The number of imide groups is 1. The third-order valence-electron chi connectivity index (χ3n) is 12.9. The van der Waals surface area contributed by atoms with Crippen LogP contribution in [0, 0.1) is 45.8 Å². The lowest BCUT2D eigenvalue weighted by molar-refractivity contribution is -0.154. The first-order valence-electron chi connectivity index (χ1n) is 19.8. The van der Waals surface area contributed by atoms with Crippen molar-refractivity contribution >= 4 is 41.0 Å². The number of nitrogens with one attached hydrogen (secondary N) is 1. The standard InChI is InChI=1S/C41H63N3O7/c1-39(2,3)27(23-43-32(47)21-40(4,5)22-33(43)48)20-29(45)18-26-15-13-11-9-8-10-12-14-25(36(49)37(50)42-28-16-17-28)19-31(46)35-34-30(41(34,6)7)24-44(35)38(26)51/h25-28,30,34-35H,8-24H2,1-7H3,(H,42,50)/t25-,26-,27-,30+,34+,35-/m1/s1. The van der Waals surface area contributed by atoms with E-state index in [-0.39, 0.29) is 108 Å². The minimum Gasteiger partial charge on any atom is -0.347 e. The van der Waals surface area contributed by atoms with Crippen LogP contribution < -0.4 is 5.32 Å². The molecule has 1 N–H and O–H groups in total. The Kier molecular flexibility index (Phi) is 11.7. The summed E-state index contributed by atoms with van der Waals surface area (Å²) in [5.41, 5.74) is -0.848. The van der Waals surface area contributed by atoms with E-state index in [0.29, 0.717) is 19.4 Å². The first-order valence-corrected chi connectivity index (χ1v) is 19.8. The number of rotatable bonds is 9. The SMILES string of the molecule is CC1(C)CC(=O)N(C[C@@H](CC(=O)C[C@H]2CCCCCCCC[C@@H](C(=O)C(=O)NC3CC3)CC(=O)[C@@H]3[C@@H]4[C@H](CN3C2=O)C4(C)C)C(C)(C)C)C(=O)C1. The van der Waals surface area contributed by atoms with Gasteiger partial charge in [-0.15, -0.1) is 0 Å². The summed E-state index contributed by atoms with van der Waals surface area (Å²) in [6.45, 7) is 14.8. The Bertz CT molecular complexity index is 1390. The molecule has 0 bridgehead atoms. The molecule has 10 nitrogen and oxygen atoms in total. The number of carbonyl (C=O) groups is 7. The van der Waals surface area contributed by atoms with Crippen LogP contribution in [0.2, 0.25) is 0 Å². The van der Waals surface area contributed by atoms with Gasteiger partial charge in [0.15, 0.2) is 5.78 Å². The largest absolute Gasteiger partial charge is 0.347 e. The van der Waals surface area contributed by atoms with E-state index in [1.165, 1.54) is 4.90 Å². The van der Waals surface area contributed by atoms with Crippen molar-refractivity contribution in [2.75, 3.05) is 13.1 Å². The minimum atomic E-state index is -0.698. The summed E-state index contributed by atoms with van der Waals surface area (Å²) in [5.74, 6) is -3.26. The molecule has 5 aliphatic rings. The van der Waals surface area contributed by atoms with Gasteiger partial charge in [0.05, 0.1) is 6.04 Å². The second-order valence-electron chi connectivity index (χ2n) is 19.2. The molecule has 4 amide bonds. The molecule has 51 heavy (non-hydrogen) atoms. The van der Waals surface area contributed by atoms with Crippen LogP contribution in [0.1, 0.15) is 145 Å².